The standard InChI is InChI=1S/C4H5INO/c1-5-4-2-3-7-6-4/h2-3H,1H3/q-1. The number of hydrogen-bond acceptors (Lipinski definition) is 2. The van der Waals surface area contributed by atoms with Gasteiger partial charge in [0, 0.05) is 0 Å². The van der Waals surface area contributed by atoms with Crippen LogP contribution in [-0.4, -0.2) is 10.1 Å². The van der Waals surface area contributed by atoms with Crippen LogP contribution < -0.4 is 21.2 Å². The van der Waals surface area contributed by atoms with Gasteiger partial charge in [-0.1, -0.05) is 0 Å². The fraction of sp³-hybridized carbons (Fsp3) is 0.250. The molecule has 0 N–H and O–H groups in total. The van der Waals surface area contributed by atoms with Crippen molar-refractivity contribution in [3.8, 4) is 0 Å². The molecule has 0 unspecified atom stereocenters. The van der Waals surface area contributed by atoms with Crippen LogP contribution in [0.25, 0.3) is 0 Å². The van der Waals surface area contributed by atoms with Crippen LogP contribution in [0, 0.1) is 3.70 Å². The molecule has 0 aliphatic carbocycles. The second kappa shape index (κ2) is 2.30. The molecule has 0 radical (unpaired) electrons. The van der Waals surface area contributed by atoms with Gasteiger partial charge in [0.2, 0.25) is 0 Å². The van der Waals surface area contributed by atoms with Crippen LogP contribution in [0.5, 0.6) is 0 Å². The zero-order valence-electron chi connectivity index (χ0n) is 3.89. The summed E-state index contributed by atoms with van der Waals surface area (Å²) in [6.07, 6.45) is 1.61. The topological polar surface area (TPSA) is 26.0 Å². The van der Waals surface area contributed by atoms with Gasteiger partial charge in [0.05, 0.1) is 0 Å². The van der Waals surface area contributed by atoms with Gasteiger partial charge >= 0.3 is 51.8 Å². The fourth-order valence-electron chi connectivity index (χ4n) is 0.295. The summed E-state index contributed by atoms with van der Waals surface area (Å²) in [7, 11) is 0. The molecule has 0 atom stereocenters. The van der Waals surface area contributed by atoms with Crippen LogP contribution in [0.3, 0.4) is 0 Å². The Morgan fingerprint density at radius 1 is 1.86 bits per heavy atom. The van der Waals surface area contributed by atoms with Crippen molar-refractivity contribution in [1.29, 1.82) is 0 Å². The molecule has 0 aromatic carbocycles. The van der Waals surface area contributed by atoms with Crippen molar-refractivity contribution in [2.24, 2.45) is 0 Å². The van der Waals surface area contributed by atoms with Crippen molar-refractivity contribution in [2.75, 3.05) is 4.93 Å². The molecule has 0 aliphatic rings. The quantitative estimate of drug-likeness (QED) is 0.380. The Labute approximate surface area is 52.1 Å². The molecule has 40 valence electrons. The van der Waals surface area contributed by atoms with Crippen molar-refractivity contribution in [3.63, 3.8) is 0 Å². The normalized spacial score (nSPS) is 9.86. The third kappa shape index (κ3) is 1.15. The van der Waals surface area contributed by atoms with E-state index in [1.165, 1.54) is 0 Å². The average Bonchev–Trinajstić information content (AvgIpc) is 2.14. The molecule has 0 saturated carbocycles. The number of alkyl halides is 1. The van der Waals surface area contributed by atoms with Crippen LogP contribution in [0.15, 0.2) is 16.9 Å². The molecule has 0 amide bonds. The van der Waals surface area contributed by atoms with E-state index in [9.17, 15) is 0 Å². The van der Waals surface area contributed by atoms with E-state index in [0.29, 0.717) is 0 Å². The van der Waals surface area contributed by atoms with Crippen molar-refractivity contribution in [1.82, 2.24) is 5.16 Å². The fourth-order valence-corrected chi connectivity index (χ4v) is 1.11. The van der Waals surface area contributed by atoms with E-state index in [1.807, 2.05) is 6.07 Å². The van der Waals surface area contributed by atoms with Crippen molar-refractivity contribution < 1.29 is 25.7 Å². The summed E-state index contributed by atoms with van der Waals surface area (Å²) in [4.78, 5) is 2.15. The minimum atomic E-state index is 0.142. The Balaban J connectivity index is 2.76. The maximum atomic E-state index is 4.58. The maximum absolute atomic E-state index is 4.58. The van der Waals surface area contributed by atoms with Crippen molar-refractivity contribution in [2.45, 2.75) is 0 Å². The first-order valence-corrected chi connectivity index (χ1v) is 5.07. The molecule has 0 bridgehead atoms. The Hall–Kier alpha value is -0.0600. The molecular weight excluding hydrogens is 205 g/mol. The van der Waals surface area contributed by atoms with E-state index < -0.39 is 0 Å². The van der Waals surface area contributed by atoms with Crippen molar-refractivity contribution >= 4 is 0 Å². The van der Waals surface area contributed by atoms with Gasteiger partial charge in [-0.15, -0.1) is 0 Å². The average molecular weight is 210 g/mol. The molecule has 0 saturated heterocycles. The van der Waals surface area contributed by atoms with E-state index in [0.717, 1.165) is 3.70 Å². The monoisotopic (exact) mass is 210 g/mol. The summed E-state index contributed by atoms with van der Waals surface area (Å²) in [5.41, 5.74) is 0. The summed E-state index contributed by atoms with van der Waals surface area (Å²) in [5, 5.41) is 3.71. The summed E-state index contributed by atoms with van der Waals surface area (Å²) in [5.74, 6) is 0. The summed E-state index contributed by atoms with van der Waals surface area (Å²) >= 11 is 0.142. The predicted octanol–water partition coefficient (Wildman–Crippen LogP) is -2.44. The third-order valence-corrected chi connectivity index (χ3v) is 2.26. The Morgan fingerprint density at radius 2 is 2.71 bits per heavy atom. The van der Waals surface area contributed by atoms with Crippen LogP contribution in [0.4, 0.5) is 0 Å². The molecule has 3 heteroatoms. The zero-order valence-corrected chi connectivity index (χ0v) is 6.05. The second-order valence-corrected chi connectivity index (χ2v) is 3.20. The summed E-state index contributed by atoms with van der Waals surface area (Å²) in [6, 6.07) is 1.91. The first-order chi connectivity index (χ1) is 3.43. The molecule has 1 aromatic heterocycles. The van der Waals surface area contributed by atoms with E-state index in [2.05, 4.69) is 14.6 Å². The molecular formula is C4H5INO-. The Morgan fingerprint density at radius 3 is 3.00 bits per heavy atom. The number of nitrogens with zero attached hydrogens (tertiary/aromatic N) is 1. The summed E-state index contributed by atoms with van der Waals surface area (Å²) in [6.45, 7) is 0. The number of halogens is 1. The van der Waals surface area contributed by atoms with Gasteiger partial charge in [0.25, 0.3) is 0 Å². The Kier molecular flexibility index (Phi) is 1.67. The molecule has 0 aliphatic heterocycles. The molecule has 2 nitrogen and oxygen atoms in total. The van der Waals surface area contributed by atoms with Gasteiger partial charge in [-0.2, -0.15) is 0 Å². The minimum absolute atomic E-state index is 0.142. The first-order valence-electron chi connectivity index (χ1n) is 1.83. The first kappa shape index (κ1) is 5.08. The molecule has 1 rings (SSSR count). The zero-order chi connectivity index (χ0) is 5.11. The second-order valence-electron chi connectivity index (χ2n) is 1.01. The molecule has 1 heterocycles. The molecule has 0 fully saturated rings. The third-order valence-electron chi connectivity index (χ3n) is 0.600. The van der Waals surface area contributed by atoms with Crippen LogP contribution in [0.1, 0.15) is 0 Å². The van der Waals surface area contributed by atoms with Gasteiger partial charge in [0.1, 0.15) is 0 Å². The van der Waals surface area contributed by atoms with E-state index in [-0.39, 0.29) is 21.2 Å². The van der Waals surface area contributed by atoms with Crippen LogP contribution in [-0.2, 0) is 0 Å². The van der Waals surface area contributed by atoms with Gasteiger partial charge in [-0.05, 0) is 0 Å². The number of aromatic nitrogens is 1. The predicted molar refractivity (Wildman–Crippen MR) is 21.1 cm³/mol. The number of hydrogen-bond donors (Lipinski definition) is 0. The SMILES string of the molecule is C[I-]c1ccon1. The van der Waals surface area contributed by atoms with Crippen LogP contribution >= 0.6 is 0 Å². The van der Waals surface area contributed by atoms with E-state index in [1.54, 1.807) is 6.26 Å². The van der Waals surface area contributed by atoms with Gasteiger partial charge in [-0.3, -0.25) is 0 Å². The van der Waals surface area contributed by atoms with Gasteiger partial charge in [0.15, 0.2) is 0 Å². The van der Waals surface area contributed by atoms with E-state index >= 15 is 0 Å². The van der Waals surface area contributed by atoms with Crippen LogP contribution in [0.2, 0.25) is 0 Å². The number of rotatable bonds is 1. The molecule has 7 heavy (non-hydrogen) atoms. The molecule has 0 spiro atoms. The summed E-state index contributed by atoms with van der Waals surface area (Å²) < 4.78 is 5.71. The van der Waals surface area contributed by atoms with Gasteiger partial charge < -0.3 is 0 Å². The van der Waals surface area contributed by atoms with E-state index in [4.69, 9.17) is 0 Å². The molecule has 1 aromatic rings. The van der Waals surface area contributed by atoms with Gasteiger partial charge in [-0.25, -0.2) is 0 Å². The Bertz CT molecular complexity index is 126. The van der Waals surface area contributed by atoms with Crippen molar-refractivity contribution in [3.05, 3.63) is 16.0 Å².